The van der Waals surface area contributed by atoms with Crippen LogP contribution in [-0.2, 0) is 0 Å². The van der Waals surface area contributed by atoms with Crippen molar-refractivity contribution in [1.82, 2.24) is 4.90 Å². The van der Waals surface area contributed by atoms with Crippen molar-refractivity contribution in [2.24, 2.45) is 0 Å². The normalized spacial score (nSPS) is 17.3. The number of carbonyl (C=O) groups excluding carboxylic acids is 1. The van der Waals surface area contributed by atoms with Crippen LogP contribution in [-0.4, -0.2) is 23.2 Å². The number of nitrogens with one attached hydrogen (secondary N) is 1. The second-order valence-electron chi connectivity index (χ2n) is 4.99. The summed E-state index contributed by atoms with van der Waals surface area (Å²) in [6, 6.07) is 11.0. The van der Waals surface area contributed by atoms with Crippen molar-refractivity contribution >= 4 is 46.7 Å². The molecule has 0 bridgehead atoms. The van der Waals surface area contributed by atoms with Crippen LogP contribution in [0.25, 0.3) is 0 Å². The van der Waals surface area contributed by atoms with Crippen LogP contribution in [0.15, 0.2) is 42.5 Å². The van der Waals surface area contributed by atoms with E-state index in [9.17, 15) is 9.18 Å². The molecule has 23 heavy (non-hydrogen) atoms. The number of hydrogen-bond donors (Lipinski definition) is 1. The maximum Gasteiger partial charge on any atom is 0.323 e. The van der Waals surface area contributed by atoms with Gasteiger partial charge in [-0.3, -0.25) is 0 Å². The molecule has 1 aliphatic rings. The maximum atomic E-state index is 14.0. The lowest BCUT2D eigenvalue weighted by Gasteiger charge is -2.25. The van der Waals surface area contributed by atoms with E-state index < -0.39 is 0 Å². The molecule has 7 heteroatoms. The summed E-state index contributed by atoms with van der Waals surface area (Å²) < 4.78 is 14.0. The van der Waals surface area contributed by atoms with Crippen LogP contribution < -0.4 is 5.32 Å². The van der Waals surface area contributed by atoms with Gasteiger partial charge in [-0.2, -0.15) is 0 Å². The highest BCUT2D eigenvalue weighted by molar-refractivity contribution is 7.99. The maximum absolute atomic E-state index is 14.0. The smallest absolute Gasteiger partial charge is 0.307 e. The predicted molar refractivity (Wildman–Crippen MR) is 93.8 cm³/mol. The lowest BCUT2D eigenvalue weighted by Crippen LogP contribution is -2.34. The minimum absolute atomic E-state index is 0.311. The SMILES string of the molecule is O=C(Nc1ccc(Cl)cc1Cl)N1CCS[C@H]1c1ccccc1F. The largest absolute Gasteiger partial charge is 0.323 e. The molecule has 0 aromatic heterocycles. The molecule has 3 rings (SSSR count). The molecule has 1 heterocycles. The van der Waals surface area contributed by atoms with E-state index in [2.05, 4.69) is 5.32 Å². The molecule has 1 saturated heterocycles. The van der Waals surface area contributed by atoms with E-state index in [0.717, 1.165) is 5.75 Å². The molecule has 0 spiro atoms. The minimum atomic E-state index is -0.345. The molecule has 2 amide bonds. The Morgan fingerprint density at radius 1 is 1.26 bits per heavy atom. The summed E-state index contributed by atoms with van der Waals surface area (Å²) in [6.45, 7) is 0.542. The third kappa shape index (κ3) is 3.57. The van der Waals surface area contributed by atoms with Gasteiger partial charge < -0.3 is 10.2 Å². The van der Waals surface area contributed by atoms with E-state index in [1.54, 1.807) is 41.3 Å². The van der Waals surface area contributed by atoms with Crippen LogP contribution in [0.2, 0.25) is 10.0 Å². The van der Waals surface area contributed by atoms with Crippen molar-refractivity contribution in [2.75, 3.05) is 17.6 Å². The summed E-state index contributed by atoms with van der Waals surface area (Å²) in [5.41, 5.74) is 0.984. The number of hydrogen-bond acceptors (Lipinski definition) is 2. The van der Waals surface area contributed by atoms with E-state index in [1.807, 2.05) is 0 Å². The fourth-order valence-corrected chi connectivity index (χ4v) is 4.12. The van der Waals surface area contributed by atoms with Crippen molar-refractivity contribution < 1.29 is 9.18 Å². The average molecular weight is 371 g/mol. The highest BCUT2D eigenvalue weighted by Crippen LogP contribution is 2.39. The molecule has 2 aromatic carbocycles. The lowest BCUT2D eigenvalue weighted by atomic mass is 10.2. The Bertz CT molecular complexity index is 744. The quantitative estimate of drug-likeness (QED) is 0.765. The molecule has 0 saturated carbocycles. The summed E-state index contributed by atoms with van der Waals surface area (Å²) in [7, 11) is 0. The Kier molecular flexibility index (Phi) is 4.99. The first-order chi connectivity index (χ1) is 11.1. The summed E-state index contributed by atoms with van der Waals surface area (Å²) in [4.78, 5) is 14.1. The Labute approximate surface area is 147 Å². The predicted octanol–water partition coefficient (Wildman–Crippen LogP) is 5.41. The van der Waals surface area contributed by atoms with Gasteiger partial charge in [0, 0.05) is 22.9 Å². The number of thioether (sulfide) groups is 1. The molecule has 1 aliphatic heterocycles. The number of benzene rings is 2. The number of rotatable bonds is 2. The molecule has 0 unspecified atom stereocenters. The summed E-state index contributed by atoms with van der Waals surface area (Å²) in [5.74, 6) is 0.440. The van der Waals surface area contributed by atoms with Crippen LogP contribution in [0.3, 0.4) is 0 Å². The van der Waals surface area contributed by atoms with E-state index in [-0.39, 0.29) is 17.2 Å². The van der Waals surface area contributed by atoms with Crippen LogP contribution >= 0.6 is 35.0 Å². The number of carbonyl (C=O) groups is 1. The Morgan fingerprint density at radius 3 is 2.78 bits per heavy atom. The first kappa shape index (κ1) is 16.4. The third-order valence-electron chi connectivity index (χ3n) is 3.50. The molecular weight excluding hydrogens is 358 g/mol. The average Bonchev–Trinajstić information content (AvgIpc) is 3.00. The number of anilines is 1. The molecule has 0 aliphatic carbocycles. The molecule has 0 radical (unpaired) electrons. The van der Waals surface area contributed by atoms with Crippen molar-refractivity contribution in [3.63, 3.8) is 0 Å². The summed E-state index contributed by atoms with van der Waals surface area (Å²) in [6.07, 6.45) is 0. The lowest BCUT2D eigenvalue weighted by molar-refractivity contribution is 0.213. The fraction of sp³-hybridized carbons (Fsp3) is 0.188. The summed E-state index contributed by atoms with van der Waals surface area (Å²) >= 11 is 13.5. The monoisotopic (exact) mass is 370 g/mol. The Morgan fingerprint density at radius 2 is 2.04 bits per heavy atom. The number of halogens is 3. The van der Waals surface area contributed by atoms with Gasteiger partial charge in [0.25, 0.3) is 0 Å². The molecule has 120 valence electrons. The van der Waals surface area contributed by atoms with E-state index in [4.69, 9.17) is 23.2 Å². The van der Waals surface area contributed by atoms with Gasteiger partial charge in [-0.05, 0) is 24.3 Å². The topological polar surface area (TPSA) is 32.3 Å². The van der Waals surface area contributed by atoms with Gasteiger partial charge >= 0.3 is 6.03 Å². The van der Waals surface area contributed by atoms with Crippen molar-refractivity contribution in [3.05, 3.63) is 63.9 Å². The van der Waals surface area contributed by atoms with Gasteiger partial charge in [-0.1, -0.05) is 41.4 Å². The van der Waals surface area contributed by atoms with Crippen LogP contribution in [0, 0.1) is 5.82 Å². The highest BCUT2D eigenvalue weighted by Gasteiger charge is 2.32. The molecule has 1 fully saturated rings. The van der Waals surface area contributed by atoms with Crippen molar-refractivity contribution in [3.8, 4) is 0 Å². The second kappa shape index (κ2) is 6.99. The first-order valence-corrected chi connectivity index (χ1v) is 8.75. The zero-order valence-corrected chi connectivity index (χ0v) is 14.3. The third-order valence-corrected chi connectivity index (χ3v) is 5.29. The summed E-state index contributed by atoms with van der Waals surface area (Å²) in [5, 5.41) is 3.27. The minimum Gasteiger partial charge on any atom is -0.307 e. The second-order valence-corrected chi connectivity index (χ2v) is 7.02. The van der Waals surface area contributed by atoms with Crippen LogP contribution in [0.5, 0.6) is 0 Å². The van der Waals surface area contributed by atoms with E-state index in [0.29, 0.717) is 27.8 Å². The molecule has 3 nitrogen and oxygen atoms in total. The molecule has 1 atom stereocenters. The van der Waals surface area contributed by atoms with Crippen molar-refractivity contribution in [1.29, 1.82) is 0 Å². The standard InChI is InChI=1S/C16H13Cl2FN2OS/c17-10-5-6-14(12(18)9-10)20-16(22)21-7-8-23-15(21)11-3-1-2-4-13(11)19/h1-6,9,15H,7-8H2,(H,20,22)/t15-/m0/s1. The van der Waals surface area contributed by atoms with Gasteiger partial charge in [0.15, 0.2) is 0 Å². The van der Waals surface area contributed by atoms with Crippen LogP contribution in [0.4, 0.5) is 14.9 Å². The van der Waals surface area contributed by atoms with Crippen LogP contribution in [0.1, 0.15) is 10.9 Å². The molecular formula is C16H13Cl2FN2OS. The fourth-order valence-electron chi connectivity index (χ4n) is 2.39. The van der Waals surface area contributed by atoms with Gasteiger partial charge in [-0.25, -0.2) is 9.18 Å². The highest BCUT2D eigenvalue weighted by atomic mass is 35.5. The number of amides is 2. The number of nitrogens with zero attached hydrogens (tertiary/aromatic N) is 1. The van der Waals surface area contributed by atoms with Gasteiger partial charge in [0.1, 0.15) is 11.2 Å². The van der Waals surface area contributed by atoms with Crippen molar-refractivity contribution in [2.45, 2.75) is 5.37 Å². The molecule has 2 aromatic rings. The Balaban J connectivity index is 1.80. The first-order valence-electron chi connectivity index (χ1n) is 6.95. The number of urea groups is 1. The van der Waals surface area contributed by atoms with Gasteiger partial charge in [0.05, 0.1) is 10.7 Å². The van der Waals surface area contributed by atoms with Gasteiger partial charge in [-0.15, -0.1) is 11.8 Å². The van der Waals surface area contributed by atoms with Gasteiger partial charge in [0.2, 0.25) is 0 Å². The van der Waals surface area contributed by atoms with E-state index in [1.165, 1.54) is 17.8 Å². The zero-order valence-electron chi connectivity index (χ0n) is 11.9. The van der Waals surface area contributed by atoms with E-state index >= 15 is 0 Å². The Hall–Kier alpha value is -1.43. The zero-order chi connectivity index (χ0) is 16.4. The molecule has 1 N–H and O–H groups in total.